The molecule has 0 saturated carbocycles. The first-order valence-electron chi connectivity index (χ1n) is 8.22. The lowest BCUT2D eigenvalue weighted by atomic mass is 10.2. The molecule has 0 bridgehead atoms. The van der Waals surface area contributed by atoms with Gasteiger partial charge in [-0.3, -0.25) is 0 Å². The Hall–Kier alpha value is -2.84. The average Bonchev–Trinajstić information content (AvgIpc) is 3.29. The zero-order chi connectivity index (χ0) is 19.9. The van der Waals surface area contributed by atoms with E-state index in [1.807, 2.05) is 18.2 Å². The van der Waals surface area contributed by atoms with Gasteiger partial charge in [0, 0.05) is 17.2 Å². The van der Waals surface area contributed by atoms with E-state index in [1.165, 1.54) is 34.4 Å². The van der Waals surface area contributed by atoms with Gasteiger partial charge < -0.3 is 0 Å². The third-order valence-corrected chi connectivity index (χ3v) is 6.41. The highest BCUT2D eigenvalue weighted by Gasteiger charge is 2.14. The number of hydrogen-bond donors (Lipinski definition) is 0. The number of aromatic nitrogens is 2. The van der Waals surface area contributed by atoms with Crippen molar-refractivity contribution in [1.82, 2.24) is 9.78 Å². The molecule has 0 spiro atoms. The maximum Gasteiger partial charge on any atom is 0.175 e. The van der Waals surface area contributed by atoms with E-state index in [0.29, 0.717) is 5.69 Å². The van der Waals surface area contributed by atoms with Crippen LogP contribution in [-0.2, 0) is 9.84 Å². The van der Waals surface area contributed by atoms with Crippen LogP contribution in [0.2, 0.25) is 0 Å². The fourth-order valence-corrected chi connectivity index (χ4v) is 4.55. The van der Waals surface area contributed by atoms with Crippen LogP contribution < -0.4 is 0 Å². The molecule has 2 aromatic heterocycles. The van der Waals surface area contributed by atoms with Crippen LogP contribution in [-0.4, -0.2) is 24.5 Å². The lowest BCUT2D eigenvalue weighted by molar-refractivity contribution is 0.580. The number of nitrogens with zero attached hydrogens (tertiary/aromatic N) is 2. The van der Waals surface area contributed by atoms with E-state index in [9.17, 15) is 17.2 Å². The Morgan fingerprint density at radius 1 is 0.929 bits per heavy atom. The summed E-state index contributed by atoms with van der Waals surface area (Å²) in [7, 11) is -3.30. The summed E-state index contributed by atoms with van der Waals surface area (Å²) in [5.41, 5.74) is 1.74. The Labute approximate surface area is 164 Å². The first kappa shape index (κ1) is 18.5. The summed E-state index contributed by atoms with van der Waals surface area (Å²) in [6, 6.07) is 15.5. The topological polar surface area (TPSA) is 52.0 Å². The van der Waals surface area contributed by atoms with Crippen molar-refractivity contribution in [3.8, 4) is 26.7 Å². The van der Waals surface area contributed by atoms with Gasteiger partial charge in [-0.25, -0.2) is 21.9 Å². The molecule has 142 valence electrons. The molecular formula is C20H14F2N2O2S2. The molecule has 28 heavy (non-hydrogen) atoms. The fraction of sp³-hybridized carbons (Fsp3) is 0.0500. The Kier molecular flexibility index (Phi) is 4.60. The molecule has 2 aromatic carbocycles. The Balaban J connectivity index is 1.75. The van der Waals surface area contributed by atoms with Gasteiger partial charge in [0.05, 0.1) is 27.4 Å². The number of rotatable bonds is 4. The van der Waals surface area contributed by atoms with E-state index in [0.717, 1.165) is 21.4 Å². The summed E-state index contributed by atoms with van der Waals surface area (Å²) in [4.78, 5) is 1.96. The summed E-state index contributed by atoms with van der Waals surface area (Å²) < 4.78 is 52.2. The van der Waals surface area contributed by atoms with Crippen molar-refractivity contribution in [3.05, 3.63) is 78.5 Å². The van der Waals surface area contributed by atoms with Gasteiger partial charge in [0.25, 0.3) is 0 Å². The molecule has 0 aliphatic rings. The predicted molar refractivity (Wildman–Crippen MR) is 105 cm³/mol. The maximum atomic E-state index is 13.6. The van der Waals surface area contributed by atoms with E-state index in [4.69, 9.17) is 0 Å². The van der Waals surface area contributed by atoms with Crippen LogP contribution in [0.25, 0.3) is 26.7 Å². The normalized spacial score (nSPS) is 11.7. The summed E-state index contributed by atoms with van der Waals surface area (Å²) in [5, 5.41) is 4.18. The highest BCUT2D eigenvalue weighted by Crippen LogP contribution is 2.36. The van der Waals surface area contributed by atoms with Crippen molar-refractivity contribution in [2.75, 3.05) is 6.26 Å². The molecule has 0 atom stereocenters. The molecule has 0 saturated heterocycles. The maximum absolute atomic E-state index is 13.6. The zero-order valence-electron chi connectivity index (χ0n) is 14.6. The van der Waals surface area contributed by atoms with Crippen LogP contribution in [0, 0.1) is 11.6 Å². The number of thiophene rings is 1. The molecule has 0 N–H and O–H groups in total. The number of benzene rings is 2. The van der Waals surface area contributed by atoms with Crippen LogP contribution in [0.5, 0.6) is 0 Å². The molecule has 0 radical (unpaired) electrons. The molecule has 0 amide bonds. The molecule has 0 unspecified atom stereocenters. The van der Waals surface area contributed by atoms with E-state index in [1.54, 1.807) is 30.5 Å². The van der Waals surface area contributed by atoms with Crippen LogP contribution >= 0.6 is 11.3 Å². The first-order valence-corrected chi connectivity index (χ1v) is 10.9. The van der Waals surface area contributed by atoms with Crippen LogP contribution in [0.3, 0.4) is 0 Å². The average molecular weight is 416 g/mol. The van der Waals surface area contributed by atoms with Gasteiger partial charge in [0.15, 0.2) is 9.84 Å². The lowest BCUT2D eigenvalue weighted by Crippen LogP contribution is -1.99. The predicted octanol–water partition coefficient (Wildman–Crippen LogP) is 4.95. The lowest BCUT2D eigenvalue weighted by Gasteiger charge is -2.06. The Morgan fingerprint density at radius 3 is 2.36 bits per heavy atom. The Bertz CT molecular complexity index is 1260. The minimum Gasteiger partial charge on any atom is -0.232 e. The van der Waals surface area contributed by atoms with Crippen molar-refractivity contribution in [1.29, 1.82) is 0 Å². The molecule has 0 aliphatic heterocycles. The number of halogens is 2. The van der Waals surface area contributed by atoms with Crippen molar-refractivity contribution >= 4 is 21.2 Å². The second-order valence-electron chi connectivity index (χ2n) is 6.22. The van der Waals surface area contributed by atoms with E-state index in [-0.39, 0.29) is 10.6 Å². The van der Waals surface area contributed by atoms with Gasteiger partial charge in [0.2, 0.25) is 0 Å². The highest BCUT2D eigenvalue weighted by atomic mass is 32.2. The SMILES string of the molecule is CS(=O)(=O)c1cccc(-c2ccc(-c3ccnn3-c3cc(F)cc(F)c3)s2)c1. The van der Waals surface area contributed by atoms with Crippen LogP contribution in [0.1, 0.15) is 0 Å². The Morgan fingerprint density at radius 2 is 1.64 bits per heavy atom. The quantitative estimate of drug-likeness (QED) is 0.473. The largest absolute Gasteiger partial charge is 0.232 e. The van der Waals surface area contributed by atoms with E-state index >= 15 is 0 Å². The number of hydrogen-bond acceptors (Lipinski definition) is 4. The van der Waals surface area contributed by atoms with Crippen molar-refractivity contribution in [2.24, 2.45) is 0 Å². The second-order valence-corrected chi connectivity index (χ2v) is 9.32. The minimum atomic E-state index is -3.30. The van der Waals surface area contributed by atoms with Gasteiger partial charge in [-0.05, 0) is 48.0 Å². The summed E-state index contributed by atoms with van der Waals surface area (Å²) >= 11 is 1.44. The molecular weight excluding hydrogens is 402 g/mol. The van der Waals surface area contributed by atoms with Gasteiger partial charge in [-0.15, -0.1) is 11.3 Å². The molecule has 4 nitrogen and oxygen atoms in total. The molecule has 8 heteroatoms. The smallest absolute Gasteiger partial charge is 0.175 e. The minimum absolute atomic E-state index is 0.250. The van der Waals surface area contributed by atoms with Gasteiger partial charge >= 0.3 is 0 Å². The van der Waals surface area contributed by atoms with Crippen molar-refractivity contribution in [3.63, 3.8) is 0 Å². The summed E-state index contributed by atoms with van der Waals surface area (Å²) in [6.07, 6.45) is 2.73. The first-order chi connectivity index (χ1) is 13.3. The van der Waals surface area contributed by atoms with E-state index in [2.05, 4.69) is 5.10 Å². The summed E-state index contributed by atoms with van der Waals surface area (Å²) in [6.45, 7) is 0. The third-order valence-electron chi connectivity index (χ3n) is 4.14. The molecule has 0 fully saturated rings. The fourth-order valence-electron chi connectivity index (χ4n) is 2.87. The van der Waals surface area contributed by atoms with Gasteiger partial charge in [-0.2, -0.15) is 5.10 Å². The summed E-state index contributed by atoms with van der Waals surface area (Å²) in [5.74, 6) is -1.36. The number of sulfone groups is 1. The molecule has 2 heterocycles. The second kappa shape index (κ2) is 6.96. The standard InChI is InChI=1S/C20H14F2N2O2S2/c1-28(25,26)17-4-2-3-13(9-17)19-5-6-20(27-19)18-7-8-23-24(18)16-11-14(21)10-15(22)12-16/h2-12H,1H3. The molecule has 4 aromatic rings. The van der Waals surface area contributed by atoms with Crippen molar-refractivity contribution < 1.29 is 17.2 Å². The molecule has 0 aliphatic carbocycles. The van der Waals surface area contributed by atoms with Gasteiger partial charge in [-0.1, -0.05) is 12.1 Å². The van der Waals surface area contributed by atoms with Crippen LogP contribution in [0.15, 0.2) is 71.8 Å². The highest BCUT2D eigenvalue weighted by molar-refractivity contribution is 7.90. The van der Waals surface area contributed by atoms with Crippen LogP contribution in [0.4, 0.5) is 8.78 Å². The zero-order valence-corrected chi connectivity index (χ0v) is 16.3. The van der Waals surface area contributed by atoms with Gasteiger partial charge in [0.1, 0.15) is 11.6 Å². The monoisotopic (exact) mass is 416 g/mol. The third kappa shape index (κ3) is 3.61. The van der Waals surface area contributed by atoms with E-state index < -0.39 is 21.5 Å². The molecule has 4 rings (SSSR count). The van der Waals surface area contributed by atoms with Crippen molar-refractivity contribution in [2.45, 2.75) is 4.90 Å².